The molecule has 0 radical (unpaired) electrons. The van der Waals surface area contributed by atoms with Crippen molar-refractivity contribution in [1.82, 2.24) is 9.62 Å². The molecule has 0 spiro atoms. The van der Waals surface area contributed by atoms with Crippen molar-refractivity contribution >= 4 is 22.1 Å². The van der Waals surface area contributed by atoms with Crippen molar-refractivity contribution in [3.05, 3.63) is 77.2 Å². The molecule has 1 aliphatic heterocycles. The van der Waals surface area contributed by atoms with Crippen molar-refractivity contribution in [2.45, 2.75) is 44.6 Å². The molecule has 0 saturated carbocycles. The Balaban J connectivity index is 1.56. The summed E-state index contributed by atoms with van der Waals surface area (Å²) in [6.45, 7) is 0.597. The Labute approximate surface area is 173 Å². The Morgan fingerprint density at radius 1 is 1.03 bits per heavy atom. The SMILES string of the molecule is O=C(NS(=O)(=O)C=Cc1ccccc1)N1CCCCC1CCCc1ccccc1. The number of sulfonamides is 1. The van der Waals surface area contributed by atoms with E-state index in [1.165, 1.54) is 11.6 Å². The number of urea groups is 1. The monoisotopic (exact) mass is 412 g/mol. The second-order valence-electron chi connectivity index (χ2n) is 7.39. The van der Waals surface area contributed by atoms with Gasteiger partial charge in [-0.25, -0.2) is 17.9 Å². The number of benzene rings is 2. The molecule has 0 aromatic heterocycles. The zero-order valence-corrected chi connectivity index (χ0v) is 17.4. The molecule has 29 heavy (non-hydrogen) atoms. The molecule has 1 saturated heterocycles. The highest BCUT2D eigenvalue weighted by Crippen LogP contribution is 2.22. The van der Waals surface area contributed by atoms with Crippen LogP contribution >= 0.6 is 0 Å². The number of rotatable bonds is 7. The number of nitrogens with one attached hydrogen (secondary N) is 1. The summed E-state index contributed by atoms with van der Waals surface area (Å²) in [6, 6.07) is 19.0. The largest absolute Gasteiger partial charge is 0.331 e. The zero-order chi connectivity index (χ0) is 20.5. The number of aryl methyl sites for hydroxylation is 1. The average Bonchev–Trinajstić information content (AvgIpc) is 2.74. The summed E-state index contributed by atoms with van der Waals surface area (Å²) in [6.07, 6.45) is 7.19. The summed E-state index contributed by atoms with van der Waals surface area (Å²) >= 11 is 0. The molecule has 5 nitrogen and oxygen atoms in total. The van der Waals surface area contributed by atoms with Crippen LogP contribution in [-0.4, -0.2) is 31.9 Å². The fourth-order valence-electron chi connectivity index (χ4n) is 3.70. The van der Waals surface area contributed by atoms with Crippen LogP contribution in [0.4, 0.5) is 4.79 Å². The van der Waals surface area contributed by atoms with Crippen LogP contribution in [0.25, 0.3) is 6.08 Å². The van der Waals surface area contributed by atoms with Crippen molar-refractivity contribution in [3.63, 3.8) is 0 Å². The summed E-state index contributed by atoms with van der Waals surface area (Å²) in [5.74, 6) is 0. The quantitative estimate of drug-likeness (QED) is 0.724. The van der Waals surface area contributed by atoms with E-state index in [0.717, 1.165) is 49.5 Å². The highest BCUT2D eigenvalue weighted by Gasteiger charge is 2.28. The smallest absolute Gasteiger partial charge is 0.321 e. The first-order valence-corrected chi connectivity index (χ1v) is 11.7. The van der Waals surface area contributed by atoms with Crippen LogP contribution in [0.2, 0.25) is 0 Å². The first-order valence-electron chi connectivity index (χ1n) is 10.1. The van der Waals surface area contributed by atoms with Crippen LogP contribution < -0.4 is 4.72 Å². The minimum absolute atomic E-state index is 0.0840. The third kappa shape index (κ3) is 6.75. The van der Waals surface area contributed by atoms with Gasteiger partial charge in [-0.15, -0.1) is 0 Å². The lowest BCUT2D eigenvalue weighted by Crippen LogP contribution is -2.49. The van der Waals surface area contributed by atoms with Gasteiger partial charge in [0.25, 0.3) is 10.0 Å². The lowest BCUT2D eigenvalue weighted by Gasteiger charge is -2.35. The average molecular weight is 413 g/mol. The first-order chi connectivity index (χ1) is 14.0. The Hall–Kier alpha value is -2.60. The maximum atomic E-state index is 12.7. The molecule has 2 aromatic carbocycles. The maximum absolute atomic E-state index is 12.7. The van der Waals surface area contributed by atoms with Crippen molar-refractivity contribution in [2.24, 2.45) is 0 Å². The van der Waals surface area contributed by atoms with Crippen LogP contribution in [-0.2, 0) is 16.4 Å². The summed E-state index contributed by atoms with van der Waals surface area (Å²) in [7, 11) is -3.84. The van der Waals surface area contributed by atoms with Gasteiger partial charge < -0.3 is 4.90 Å². The molecular formula is C23H28N2O3S. The summed E-state index contributed by atoms with van der Waals surface area (Å²) in [5.41, 5.74) is 2.05. The van der Waals surface area contributed by atoms with E-state index >= 15 is 0 Å². The van der Waals surface area contributed by atoms with Crippen LogP contribution in [0.1, 0.15) is 43.2 Å². The van der Waals surface area contributed by atoms with Gasteiger partial charge in [-0.1, -0.05) is 60.7 Å². The molecule has 1 atom stereocenters. The molecule has 1 fully saturated rings. The van der Waals surface area contributed by atoms with E-state index in [-0.39, 0.29) is 6.04 Å². The molecule has 1 unspecified atom stereocenters. The van der Waals surface area contributed by atoms with Gasteiger partial charge in [-0.3, -0.25) is 0 Å². The van der Waals surface area contributed by atoms with E-state index in [1.807, 2.05) is 36.4 Å². The zero-order valence-electron chi connectivity index (χ0n) is 16.5. The van der Waals surface area contributed by atoms with E-state index < -0.39 is 16.1 Å². The third-order valence-electron chi connectivity index (χ3n) is 5.20. The molecule has 1 N–H and O–H groups in total. The van der Waals surface area contributed by atoms with Crippen molar-refractivity contribution < 1.29 is 13.2 Å². The molecule has 2 aromatic rings. The van der Waals surface area contributed by atoms with Gasteiger partial charge >= 0.3 is 6.03 Å². The maximum Gasteiger partial charge on any atom is 0.331 e. The van der Waals surface area contributed by atoms with Gasteiger partial charge in [0.1, 0.15) is 0 Å². The number of amides is 2. The van der Waals surface area contributed by atoms with E-state index in [0.29, 0.717) is 6.54 Å². The van der Waals surface area contributed by atoms with Crippen molar-refractivity contribution in [1.29, 1.82) is 0 Å². The lowest BCUT2D eigenvalue weighted by atomic mass is 9.96. The molecule has 0 aliphatic carbocycles. The van der Waals surface area contributed by atoms with Crippen molar-refractivity contribution in [3.8, 4) is 0 Å². The number of hydrogen-bond donors (Lipinski definition) is 1. The highest BCUT2D eigenvalue weighted by molar-refractivity contribution is 7.93. The number of likely N-dealkylation sites (tertiary alicyclic amines) is 1. The van der Waals surface area contributed by atoms with Gasteiger partial charge in [-0.05, 0) is 55.7 Å². The Bertz CT molecular complexity index is 912. The number of piperidine rings is 1. The molecule has 3 rings (SSSR count). The van der Waals surface area contributed by atoms with E-state index in [1.54, 1.807) is 17.0 Å². The summed E-state index contributed by atoms with van der Waals surface area (Å²) in [5, 5.41) is 1.05. The second kappa shape index (κ2) is 10.3. The molecule has 0 bridgehead atoms. The Morgan fingerprint density at radius 3 is 2.45 bits per heavy atom. The number of carbonyl (C=O) groups is 1. The van der Waals surface area contributed by atoms with Gasteiger partial charge in [0, 0.05) is 12.6 Å². The molecule has 6 heteroatoms. The normalized spacial score (nSPS) is 17.4. The predicted octanol–water partition coefficient (Wildman–Crippen LogP) is 4.57. The summed E-state index contributed by atoms with van der Waals surface area (Å²) < 4.78 is 26.8. The van der Waals surface area contributed by atoms with E-state index in [2.05, 4.69) is 16.9 Å². The van der Waals surface area contributed by atoms with Crippen LogP contribution in [0.15, 0.2) is 66.1 Å². The Morgan fingerprint density at radius 2 is 1.72 bits per heavy atom. The molecule has 2 amide bonds. The van der Waals surface area contributed by atoms with Gasteiger partial charge in [-0.2, -0.15) is 0 Å². The number of nitrogens with zero attached hydrogens (tertiary/aromatic N) is 1. The molecular weight excluding hydrogens is 384 g/mol. The standard InChI is InChI=1S/C23H28N2O3S/c26-23(24-29(27,28)19-17-21-12-5-2-6-13-21)25-18-8-7-15-22(25)16-9-14-20-10-3-1-4-11-20/h1-6,10-13,17,19,22H,7-9,14-16,18H2,(H,24,26). The van der Waals surface area contributed by atoms with Gasteiger partial charge in [0.15, 0.2) is 0 Å². The minimum atomic E-state index is -3.84. The highest BCUT2D eigenvalue weighted by atomic mass is 32.2. The van der Waals surface area contributed by atoms with Crippen LogP contribution in [0, 0.1) is 0 Å². The molecule has 1 aliphatic rings. The minimum Gasteiger partial charge on any atom is -0.321 e. The number of hydrogen-bond acceptors (Lipinski definition) is 3. The fourth-order valence-corrected chi connectivity index (χ4v) is 4.47. The molecule has 154 valence electrons. The topological polar surface area (TPSA) is 66.5 Å². The Kier molecular flexibility index (Phi) is 7.47. The summed E-state index contributed by atoms with van der Waals surface area (Å²) in [4.78, 5) is 14.4. The van der Waals surface area contributed by atoms with E-state index in [9.17, 15) is 13.2 Å². The first kappa shape index (κ1) is 21.1. The van der Waals surface area contributed by atoms with Crippen molar-refractivity contribution in [2.75, 3.05) is 6.54 Å². The van der Waals surface area contributed by atoms with Crippen LogP contribution in [0.3, 0.4) is 0 Å². The molecule has 1 heterocycles. The fraction of sp³-hybridized carbons (Fsp3) is 0.348. The van der Waals surface area contributed by atoms with E-state index in [4.69, 9.17) is 0 Å². The van der Waals surface area contributed by atoms with Gasteiger partial charge in [0.05, 0.1) is 5.41 Å². The third-order valence-corrected chi connectivity index (χ3v) is 6.16. The van der Waals surface area contributed by atoms with Crippen LogP contribution in [0.5, 0.6) is 0 Å². The second-order valence-corrected chi connectivity index (χ2v) is 8.95. The lowest BCUT2D eigenvalue weighted by molar-refractivity contribution is 0.150. The van der Waals surface area contributed by atoms with Gasteiger partial charge in [0.2, 0.25) is 0 Å². The number of carbonyl (C=O) groups excluding carboxylic acids is 1. The predicted molar refractivity (Wildman–Crippen MR) is 117 cm³/mol.